The molecule has 0 radical (unpaired) electrons. The van der Waals surface area contributed by atoms with Gasteiger partial charge in [0.15, 0.2) is 0 Å². The molecule has 0 spiro atoms. The van der Waals surface area contributed by atoms with Gasteiger partial charge in [-0.25, -0.2) is 4.79 Å². The summed E-state index contributed by atoms with van der Waals surface area (Å²) in [5, 5.41) is 3.01. The molecule has 2 amide bonds. The molecule has 1 saturated heterocycles. The van der Waals surface area contributed by atoms with E-state index < -0.39 is 0 Å². The minimum absolute atomic E-state index is 0.0887. The van der Waals surface area contributed by atoms with Crippen molar-refractivity contribution in [2.75, 3.05) is 19.6 Å². The molecular formula is C15H23N3O. The predicted molar refractivity (Wildman–Crippen MR) is 76.0 cm³/mol. The Labute approximate surface area is 115 Å². The first-order valence-corrected chi connectivity index (χ1v) is 7.28. The third-order valence-electron chi connectivity index (χ3n) is 3.56. The maximum Gasteiger partial charge on any atom is 0.317 e. The van der Waals surface area contributed by atoms with Gasteiger partial charge in [-0.15, -0.1) is 0 Å². The Morgan fingerprint density at radius 1 is 1.21 bits per heavy atom. The lowest BCUT2D eigenvalue weighted by Crippen LogP contribution is -2.42. The summed E-state index contributed by atoms with van der Waals surface area (Å²) < 4.78 is 0. The Morgan fingerprint density at radius 3 is 2.63 bits per heavy atom. The molecule has 0 bridgehead atoms. The summed E-state index contributed by atoms with van der Waals surface area (Å²) in [7, 11) is 0. The second-order valence-electron chi connectivity index (χ2n) is 5.10. The van der Waals surface area contributed by atoms with E-state index in [1.165, 1.54) is 19.3 Å². The van der Waals surface area contributed by atoms with E-state index in [0.29, 0.717) is 6.54 Å². The highest BCUT2D eigenvalue weighted by Crippen LogP contribution is 2.10. The Kier molecular flexibility index (Phi) is 5.66. The van der Waals surface area contributed by atoms with Gasteiger partial charge in [0, 0.05) is 32.0 Å². The quantitative estimate of drug-likeness (QED) is 0.909. The van der Waals surface area contributed by atoms with Gasteiger partial charge in [0.1, 0.15) is 0 Å². The summed E-state index contributed by atoms with van der Waals surface area (Å²) in [6.45, 7) is 2.48. The van der Waals surface area contributed by atoms with Crippen LogP contribution in [0.25, 0.3) is 0 Å². The molecule has 1 aliphatic rings. The highest BCUT2D eigenvalue weighted by Gasteiger charge is 2.13. The van der Waals surface area contributed by atoms with Crippen molar-refractivity contribution in [1.29, 1.82) is 0 Å². The fraction of sp³-hybridized carbons (Fsp3) is 0.600. The summed E-state index contributed by atoms with van der Waals surface area (Å²) >= 11 is 0. The van der Waals surface area contributed by atoms with E-state index in [4.69, 9.17) is 0 Å². The van der Waals surface area contributed by atoms with Crippen molar-refractivity contribution < 1.29 is 4.79 Å². The number of urea groups is 1. The number of carbonyl (C=O) groups excluding carboxylic acids is 1. The maximum absolute atomic E-state index is 12.1. The molecule has 2 rings (SSSR count). The van der Waals surface area contributed by atoms with Gasteiger partial charge in [0.05, 0.1) is 0 Å². The lowest BCUT2D eigenvalue weighted by atomic mass is 10.1. The second kappa shape index (κ2) is 7.77. The maximum atomic E-state index is 12.1. The number of hydrogen-bond acceptors (Lipinski definition) is 2. The van der Waals surface area contributed by atoms with Crippen LogP contribution in [0.2, 0.25) is 0 Å². The summed E-state index contributed by atoms with van der Waals surface area (Å²) in [5.41, 5.74) is 1.16. The highest BCUT2D eigenvalue weighted by molar-refractivity contribution is 5.74. The summed E-state index contributed by atoms with van der Waals surface area (Å²) in [4.78, 5) is 18.1. The van der Waals surface area contributed by atoms with Crippen molar-refractivity contribution >= 4 is 6.03 Å². The van der Waals surface area contributed by atoms with Gasteiger partial charge >= 0.3 is 6.03 Å². The molecule has 1 N–H and O–H groups in total. The SMILES string of the molecule is O=C(NCCc1cccnc1)N1CCCCCCC1. The zero-order chi connectivity index (χ0) is 13.3. The lowest BCUT2D eigenvalue weighted by molar-refractivity contribution is 0.192. The van der Waals surface area contributed by atoms with Gasteiger partial charge < -0.3 is 10.2 Å². The molecule has 1 aromatic heterocycles. The van der Waals surface area contributed by atoms with Gasteiger partial charge in [-0.2, -0.15) is 0 Å². The van der Waals surface area contributed by atoms with Crippen LogP contribution >= 0.6 is 0 Å². The largest absolute Gasteiger partial charge is 0.338 e. The Balaban J connectivity index is 1.71. The Morgan fingerprint density at radius 2 is 1.95 bits per heavy atom. The number of pyridine rings is 1. The molecule has 4 nitrogen and oxygen atoms in total. The molecule has 104 valence electrons. The van der Waals surface area contributed by atoms with Crippen LogP contribution in [0, 0.1) is 0 Å². The van der Waals surface area contributed by atoms with Crippen LogP contribution in [0.3, 0.4) is 0 Å². The third kappa shape index (κ3) is 4.89. The van der Waals surface area contributed by atoms with Crippen molar-refractivity contribution in [3.05, 3.63) is 30.1 Å². The normalized spacial score (nSPS) is 16.5. The topological polar surface area (TPSA) is 45.2 Å². The minimum Gasteiger partial charge on any atom is -0.338 e. The van der Waals surface area contributed by atoms with Gasteiger partial charge in [-0.1, -0.05) is 25.3 Å². The van der Waals surface area contributed by atoms with Crippen LogP contribution in [0.15, 0.2) is 24.5 Å². The van der Waals surface area contributed by atoms with Crippen molar-refractivity contribution in [3.63, 3.8) is 0 Å². The average molecular weight is 261 g/mol. The first kappa shape index (κ1) is 13.8. The predicted octanol–water partition coefficient (Wildman–Crippen LogP) is 2.60. The molecular weight excluding hydrogens is 238 g/mol. The van der Waals surface area contributed by atoms with E-state index in [2.05, 4.69) is 10.3 Å². The van der Waals surface area contributed by atoms with Crippen molar-refractivity contribution in [3.8, 4) is 0 Å². The monoisotopic (exact) mass is 261 g/mol. The van der Waals surface area contributed by atoms with Crippen LogP contribution in [0.1, 0.15) is 37.7 Å². The number of aromatic nitrogens is 1. The number of nitrogens with zero attached hydrogens (tertiary/aromatic N) is 2. The number of nitrogens with one attached hydrogen (secondary N) is 1. The summed E-state index contributed by atoms with van der Waals surface area (Å²) in [5.74, 6) is 0. The number of hydrogen-bond donors (Lipinski definition) is 1. The van der Waals surface area contributed by atoms with E-state index in [-0.39, 0.29) is 6.03 Å². The number of carbonyl (C=O) groups is 1. The highest BCUT2D eigenvalue weighted by atomic mass is 16.2. The molecule has 4 heteroatoms. The van der Waals surface area contributed by atoms with Gasteiger partial charge in [0.25, 0.3) is 0 Å². The fourth-order valence-electron chi connectivity index (χ4n) is 2.42. The molecule has 19 heavy (non-hydrogen) atoms. The van der Waals surface area contributed by atoms with Gasteiger partial charge in [0.2, 0.25) is 0 Å². The number of rotatable bonds is 3. The Hall–Kier alpha value is -1.58. The fourth-order valence-corrected chi connectivity index (χ4v) is 2.42. The molecule has 0 saturated carbocycles. The molecule has 0 unspecified atom stereocenters. The summed E-state index contributed by atoms with van der Waals surface area (Å²) in [6.07, 6.45) is 10.5. The molecule has 0 aromatic carbocycles. The van der Waals surface area contributed by atoms with Crippen LogP contribution in [-0.4, -0.2) is 35.5 Å². The second-order valence-corrected chi connectivity index (χ2v) is 5.10. The zero-order valence-corrected chi connectivity index (χ0v) is 11.5. The zero-order valence-electron chi connectivity index (χ0n) is 11.5. The number of likely N-dealkylation sites (tertiary alicyclic amines) is 1. The molecule has 0 atom stereocenters. The van der Waals surface area contributed by atoms with E-state index in [1.807, 2.05) is 23.2 Å². The Bertz CT molecular complexity index is 372. The number of amides is 2. The average Bonchev–Trinajstić information content (AvgIpc) is 2.39. The molecule has 0 aliphatic carbocycles. The van der Waals surface area contributed by atoms with Gasteiger partial charge in [-0.3, -0.25) is 4.98 Å². The minimum atomic E-state index is 0.0887. The van der Waals surface area contributed by atoms with E-state index in [1.54, 1.807) is 6.20 Å². The first-order valence-electron chi connectivity index (χ1n) is 7.28. The summed E-state index contributed by atoms with van der Waals surface area (Å²) in [6, 6.07) is 4.05. The van der Waals surface area contributed by atoms with Crippen molar-refractivity contribution in [2.24, 2.45) is 0 Å². The van der Waals surface area contributed by atoms with Crippen LogP contribution in [0.5, 0.6) is 0 Å². The van der Waals surface area contributed by atoms with Crippen LogP contribution in [-0.2, 0) is 6.42 Å². The van der Waals surface area contributed by atoms with Gasteiger partial charge in [-0.05, 0) is 30.9 Å². The molecule has 1 aliphatic heterocycles. The van der Waals surface area contributed by atoms with Crippen molar-refractivity contribution in [2.45, 2.75) is 38.5 Å². The molecule has 1 aromatic rings. The van der Waals surface area contributed by atoms with E-state index in [9.17, 15) is 4.79 Å². The van der Waals surface area contributed by atoms with E-state index >= 15 is 0 Å². The third-order valence-corrected chi connectivity index (χ3v) is 3.56. The van der Waals surface area contributed by atoms with Crippen LogP contribution in [0.4, 0.5) is 4.79 Å². The molecule has 2 heterocycles. The van der Waals surface area contributed by atoms with Crippen LogP contribution < -0.4 is 5.32 Å². The standard InChI is InChI=1S/C15H23N3O/c19-15(18-11-4-2-1-3-5-12-18)17-10-8-14-7-6-9-16-13-14/h6-7,9,13H,1-5,8,10-12H2,(H,17,19). The van der Waals surface area contributed by atoms with Crippen molar-refractivity contribution in [1.82, 2.24) is 15.2 Å². The smallest absolute Gasteiger partial charge is 0.317 e. The lowest BCUT2D eigenvalue weighted by Gasteiger charge is -2.25. The first-order chi connectivity index (χ1) is 9.36. The molecule has 1 fully saturated rings. The van der Waals surface area contributed by atoms with E-state index in [0.717, 1.165) is 37.9 Å².